The van der Waals surface area contributed by atoms with Gasteiger partial charge in [-0.1, -0.05) is 0 Å². The van der Waals surface area contributed by atoms with E-state index in [9.17, 15) is 9.59 Å². The molecule has 0 unspecified atom stereocenters. The van der Waals surface area contributed by atoms with Gasteiger partial charge < -0.3 is 9.47 Å². The Morgan fingerprint density at radius 2 is 2.00 bits per heavy atom. The fourth-order valence-electron chi connectivity index (χ4n) is 1.74. The lowest BCUT2D eigenvalue weighted by atomic mass is 10.4. The molecule has 21 heavy (non-hydrogen) atoms. The van der Waals surface area contributed by atoms with E-state index in [4.69, 9.17) is 9.47 Å². The summed E-state index contributed by atoms with van der Waals surface area (Å²) in [5, 5.41) is 4.01. The number of rotatable bonds is 4. The second-order valence-electron chi connectivity index (χ2n) is 4.80. The normalized spacial score (nSPS) is 10.9. The fraction of sp³-hybridized carbons (Fsp3) is 0.462. The minimum absolute atomic E-state index is 0.145. The van der Waals surface area contributed by atoms with E-state index in [-0.39, 0.29) is 11.9 Å². The molecule has 0 atom stereocenters. The Balaban J connectivity index is 2.10. The molecule has 0 bridgehead atoms. The van der Waals surface area contributed by atoms with Crippen LogP contribution < -0.4 is 0 Å². The van der Waals surface area contributed by atoms with Crippen molar-refractivity contribution in [1.29, 1.82) is 0 Å². The molecule has 8 nitrogen and oxygen atoms in total. The number of carbonyl (C=O) groups is 2. The monoisotopic (exact) mass is 292 g/mol. The molecular formula is C13H16N4O4. The van der Waals surface area contributed by atoms with Crippen molar-refractivity contribution in [3.8, 4) is 0 Å². The van der Waals surface area contributed by atoms with Crippen LogP contribution in [-0.4, -0.2) is 44.2 Å². The largest absolute Gasteiger partial charge is 0.460 e. The van der Waals surface area contributed by atoms with Gasteiger partial charge in [0.1, 0.15) is 0 Å². The molecular weight excluding hydrogens is 276 g/mol. The van der Waals surface area contributed by atoms with Crippen molar-refractivity contribution in [3.05, 3.63) is 23.3 Å². The fourth-order valence-corrected chi connectivity index (χ4v) is 1.74. The van der Waals surface area contributed by atoms with E-state index in [1.807, 2.05) is 19.9 Å². The summed E-state index contributed by atoms with van der Waals surface area (Å²) in [7, 11) is 0. The molecule has 2 aromatic rings. The third-order valence-electron chi connectivity index (χ3n) is 2.49. The van der Waals surface area contributed by atoms with Crippen LogP contribution in [0.4, 0.5) is 0 Å². The Morgan fingerprint density at radius 3 is 2.67 bits per heavy atom. The predicted octanol–water partition coefficient (Wildman–Crippen LogP) is 0.850. The molecule has 0 radical (unpaired) electrons. The number of hydrogen-bond acceptors (Lipinski definition) is 7. The standard InChI is InChI=1S/C13H16N4O4/c1-7(2)21-10(18)6-20-12(19)11-15-13-14-8(3)5-9(4)17(13)16-11/h5,7H,6H2,1-4H3. The smallest absolute Gasteiger partial charge is 0.378 e. The molecule has 112 valence electrons. The van der Waals surface area contributed by atoms with E-state index >= 15 is 0 Å². The molecule has 0 aliphatic carbocycles. The van der Waals surface area contributed by atoms with Crippen LogP contribution in [0.5, 0.6) is 0 Å². The van der Waals surface area contributed by atoms with Gasteiger partial charge in [0.15, 0.2) is 6.61 Å². The van der Waals surface area contributed by atoms with E-state index in [0.717, 1.165) is 11.4 Å². The molecule has 0 saturated carbocycles. The van der Waals surface area contributed by atoms with Crippen LogP contribution in [0.25, 0.3) is 5.78 Å². The molecule has 0 aliphatic rings. The number of carbonyl (C=O) groups excluding carboxylic acids is 2. The summed E-state index contributed by atoms with van der Waals surface area (Å²) in [6.07, 6.45) is -0.264. The SMILES string of the molecule is Cc1cc(C)n2nc(C(=O)OCC(=O)OC(C)C)nc2n1. The zero-order chi connectivity index (χ0) is 15.6. The van der Waals surface area contributed by atoms with Crippen LogP contribution in [0, 0.1) is 13.8 Å². The van der Waals surface area contributed by atoms with Crippen molar-refractivity contribution in [3.63, 3.8) is 0 Å². The van der Waals surface area contributed by atoms with Crippen molar-refractivity contribution in [2.24, 2.45) is 0 Å². The lowest BCUT2D eigenvalue weighted by Crippen LogP contribution is -2.20. The average molecular weight is 292 g/mol. The molecule has 2 heterocycles. The van der Waals surface area contributed by atoms with Gasteiger partial charge >= 0.3 is 11.9 Å². The van der Waals surface area contributed by atoms with Crippen molar-refractivity contribution in [2.75, 3.05) is 6.61 Å². The van der Waals surface area contributed by atoms with Gasteiger partial charge in [-0.05, 0) is 33.8 Å². The number of aryl methyl sites for hydroxylation is 2. The van der Waals surface area contributed by atoms with Gasteiger partial charge in [-0.3, -0.25) is 0 Å². The number of nitrogens with zero attached hydrogens (tertiary/aromatic N) is 4. The number of aromatic nitrogens is 4. The maximum atomic E-state index is 11.8. The highest BCUT2D eigenvalue weighted by Crippen LogP contribution is 2.06. The highest BCUT2D eigenvalue weighted by molar-refractivity contribution is 5.87. The second-order valence-corrected chi connectivity index (χ2v) is 4.80. The number of esters is 2. The first-order valence-electron chi connectivity index (χ1n) is 6.44. The lowest BCUT2D eigenvalue weighted by molar-refractivity contribution is -0.151. The molecule has 2 aromatic heterocycles. The Hall–Kier alpha value is -2.51. The van der Waals surface area contributed by atoms with Gasteiger partial charge in [-0.15, -0.1) is 5.10 Å². The van der Waals surface area contributed by atoms with E-state index < -0.39 is 18.5 Å². The van der Waals surface area contributed by atoms with Gasteiger partial charge in [0.25, 0.3) is 11.6 Å². The summed E-state index contributed by atoms with van der Waals surface area (Å²) in [6.45, 7) is 6.59. The van der Waals surface area contributed by atoms with Crippen molar-refractivity contribution in [2.45, 2.75) is 33.8 Å². The first-order chi connectivity index (χ1) is 9.86. The summed E-state index contributed by atoms with van der Waals surface area (Å²) in [4.78, 5) is 31.3. The van der Waals surface area contributed by atoms with Crippen molar-refractivity contribution >= 4 is 17.7 Å². The van der Waals surface area contributed by atoms with Gasteiger partial charge in [0.05, 0.1) is 6.10 Å². The zero-order valence-corrected chi connectivity index (χ0v) is 12.3. The number of hydrogen-bond donors (Lipinski definition) is 0. The maximum absolute atomic E-state index is 11.8. The third-order valence-corrected chi connectivity index (χ3v) is 2.49. The number of ether oxygens (including phenoxy) is 2. The molecule has 2 rings (SSSR count). The van der Waals surface area contributed by atoms with Crippen LogP contribution in [0.3, 0.4) is 0 Å². The van der Waals surface area contributed by atoms with Gasteiger partial charge in [0.2, 0.25) is 0 Å². The second kappa shape index (κ2) is 5.86. The summed E-state index contributed by atoms with van der Waals surface area (Å²) >= 11 is 0. The Labute approximate surface area is 121 Å². The lowest BCUT2D eigenvalue weighted by Gasteiger charge is -2.07. The minimum atomic E-state index is -0.793. The Kier molecular flexibility index (Phi) is 4.15. The van der Waals surface area contributed by atoms with Crippen LogP contribution in [0.2, 0.25) is 0 Å². The van der Waals surface area contributed by atoms with Crippen LogP contribution in [0.1, 0.15) is 35.9 Å². The highest BCUT2D eigenvalue weighted by atomic mass is 16.6. The predicted molar refractivity (Wildman–Crippen MR) is 71.8 cm³/mol. The van der Waals surface area contributed by atoms with Crippen LogP contribution >= 0.6 is 0 Å². The minimum Gasteiger partial charge on any atom is -0.460 e. The molecule has 0 aromatic carbocycles. The molecule has 0 fully saturated rings. The summed E-state index contributed by atoms with van der Waals surface area (Å²) in [6, 6.07) is 1.82. The summed E-state index contributed by atoms with van der Waals surface area (Å²) in [5.74, 6) is -1.25. The van der Waals surface area contributed by atoms with E-state index in [1.165, 1.54) is 4.52 Å². The zero-order valence-electron chi connectivity index (χ0n) is 12.3. The molecule has 0 saturated heterocycles. The molecule has 8 heteroatoms. The first-order valence-corrected chi connectivity index (χ1v) is 6.44. The van der Waals surface area contributed by atoms with Crippen LogP contribution in [-0.2, 0) is 14.3 Å². The van der Waals surface area contributed by atoms with Gasteiger partial charge in [0, 0.05) is 11.4 Å². The highest BCUT2D eigenvalue weighted by Gasteiger charge is 2.18. The summed E-state index contributed by atoms with van der Waals surface area (Å²) in [5.41, 5.74) is 1.57. The molecule has 0 aliphatic heterocycles. The van der Waals surface area contributed by atoms with Crippen molar-refractivity contribution < 1.29 is 19.1 Å². The molecule has 0 N–H and O–H groups in total. The average Bonchev–Trinajstić information content (AvgIpc) is 2.79. The first kappa shape index (κ1) is 14.9. The Morgan fingerprint density at radius 1 is 1.29 bits per heavy atom. The van der Waals surface area contributed by atoms with Gasteiger partial charge in [-0.2, -0.15) is 4.98 Å². The third kappa shape index (κ3) is 3.53. The van der Waals surface area contributed by atoms with E-state index in [1.54, 1.807) is 13.8 Å². The quantitative estimate of drug-likeness (QED) is 0.771. The Bertz CT molecular complexity index is 693. The van der Waals surface area contributed by atoms with E-state index in [2.05, 4.69) is 15.1 Å². The van der Waals surface area contributed by atoms with E-state index in [0.29, 0.717) is 5.78 Å². The van der Waals surface area contributed by atoms with Crippen LogP contribution in [0.15, 0.2) is 6.07 Å². The molecule has 0 amide bonds. The van der Waals surface area contributed by atoms with Gasteiger partial charge in [-0.25, -0.2) is 19.1 Å². The van der Waals surface area contributed by atoms with Crippen molar-refractivity contribution in [1.82, 2.24) is 19.6 Å². The topological polar surface area (TPSA) is 95.7 Å². The summed E-state index contributed by atoms with van der Waals surface area (Å²) < 4.78 is 11.1. The maximum Gasteiger partial charge on any atom is 0.378 e. The molecule has 0 spiro atoms. The number of fused-ring (bicyclic) bond motifs is 1.